The predicted molar refractivity (Wildman–Crippen MR) is 76.1 cm³/mol. The highest BCUT2D eigenvalue weighted by atomic mass is 79.9. The van der Waals surface area contributed by atoms with Crippen molar-refractivity contribution in [1.29, 1.82) is 0 Å². The molecule has 7 heteroatoms. The van der Waals surface area contributed by atoms with E-state index in [2.05, 4.69) is 15.9 Å². The van der Waals surface area contributed by atoms with Crippen LogP contribution in [0.15, 0.2) is 0 Å². The van der Waals surface area contributed by atoms with Gasteiger partial charge in [0.15, 0.2) is 9.84 Å². The smallest absolute Gasteiger partial charge is 0.226 e. The lowest BCUT2D eigenvalue weighted by atomic mass is 10.0. The molecular formula is C12H20BrNO4S. The van der Waals surface area contributed by atoms with Gasteiger partial charge in [-0.1, -0.05) is 15.9 Å². The molecule has 2 fully saturated rings. The summed E-state index contributed by atoms with van der Waals surface area (Å²) in [5.41, 5.74) is 0. The fourth-order valence-electron chi connectivity index (χ4n) is 2.70. The third-order valence-corrected chi connectivity index (χ3v) is 5.86. The van der Waals surface area contributed by atoms with Gasteiger partial charge in [-0.2, -0.15) is 0 Å². The number of halogens is 1. The first-order chi connectivity index (χ1) is 9.02. The fraction of sp³-hybridized carbons (Fsp3) is 0.917. The van der Waals surface area contributed by atoms with E-state index in [4.69, 9.17) is 4.74 Å². The van der Waals surface area contributed by atoms with Crippen LogP contribution in [0.5, 0.6) is 0 Å². The van der Waals surface area contributed by atoms with Gasteiger partial charge in [0, 0.05) is 18.4 Å². The highest BCUT2D eigenvalue weighted by molar-refractivity contribution is 9.09. The van der Waals surface area contributed by atoms with Gasteiger partial charge in [0.2, 0.25) is 5.91 Å². The number of carbonyl (C=O) groups excluding carboxylic acids is 1. The quantitative estimate of drug-likeness (QED) is 0.702. The summed E-state index contributed by atoms with van der Waals surface area (Å²) in [6.45, 7) is 2.06. The Morgan fingerprint density at radius 2 is 1.95 bits per heavy atom. The maximum atomic E-state index is 12.2. The molecule has 0 spiro atoms. The van der Waals surface area contributed by atoms with Crippen molar-refractivity contribution >= 4 is 31.7 Å². The van der Waals surface area contributed by atoms with E-state index in [1.54, 1.807) is 4.90 Å². The minimum Gasteiger partial charge on any atom is -0.377 e. The number of ether oxygens (including phenoxy) is 1. The van der Waals surface area contributed by atoms with Crippen LogP contribution in [0.3, 0.4) is 0 Å². The van der Waals surface area contributed by atoms with Crippen molar-refractivity contribution in [3.05, 3.63) is 0 Å². The van der Waals surface area contributed by atoms with Crippen LogP contribution in [0.2, 0.25) is 0 Å². The van der Waals surface area contributed by atoms with E-state index in [9.17, 15) is 13.2 Å². The Kier molecular flexibility index (Phi) is 5.25. The molecule has 2 saturated heterocycles. The number of carbonyl (C=O) groups is 1. The lowest BCUT2D eigenvalue weighted by Crippen LogP contribution is -2.44. The summed E-state index contributed by atoms with van der Waals surface area (Å²) in [5.74, 6) is -0.106. The Morgan fingerprint density at radius 1 is 1.26 bits per heavy atom. The van der Waals surface area contributed by atoms with Crippen LogP contribution >= 0.6 is 15.9 Å². The van der Waals surface area contributed by atoms with E-state index in [1.165, 1.54) is 0 Å². The maximum Gasteiger partial charge on any atom is 0.226 e. The molecule has 1 atom stereocenters. The Hall–Kier alpha value is -0.140. The van der Waals surface area contributed by atoms with Gasteiger partial charge in [-0.3, -0.25) is 4.79 Å². The normalized spacial score (nSPS) is 27.6. The zero-order valence-corrected chi connectivity index (χ0v) is 13.3. The summed E-state index contributed by atoms with van der Waals surface area (Å²) in [4.78, 5) is 14.0. The van der Waals surface area contributed by atoms with Crippen LogP contribution in [0.25, 0.3) is 0 Å². The molecule has 1 amide bonds. The van der Waals surface area contributed by atoms with Gasteiger partial charge >= 0.3 is 0 Å². The second-order valence-corrected chi connectivity index (χ2v) is 8.21. The van der Waals surface area contributed by atoms with Gasteiger partial charge < -0.3 is 9.64 Å². The highest BCUT2D eigenvalue weighted by Gasteiger charge is 2.36. The first kappa shape index (κ1) is 15.3. The van der Waals surface area contributed by atoms with Crippen LogP contribution in [0, 0.1) is 5.92 Å². The van der Waals surface area contributed by atoms with Gasteiger partial charge in [0.25, 0.3) is 0 Å². The lowest BCUT2D eigenvalue weighted by molar-refractivity contribution is -0.137. The molecule has 2 aliphatic rings. The number of hydrogen-bond acceptors (Lipinski definition) is 4. The minimum absolute atomic E-state index is 0.0139. The molecule has 2 heterocycles. The van der Waals surface area contributed by atoms with Crippen molar-refractivity contribution in [2.24, 2.45) is 5.92 Å². The van der Waals surface area contributed by atoms with Gasteiger partial charge in [-0.05, 0) is 19.3 Å². The zero-order valence-electron chi connectivity index (χ0n) is 10.9. The van der Waals surface area contributed by atoms with Crippen molar-refractivity contribution in [1.82, 2.24) is 4.90 Å². The number of likely N-dealkylation sites (tertiary alicyclic amines) is 1. The van der Waals surface area contributed by atoms with Crippen molar-refractivity contribution < 1.29 is 17.9 Å². The lowest BCUT2D eigenvalue weighted by Gasteiger charge is -2.33. The first-order valence-corrected chi connectivity index (χ1v) is 9.63. The minimum atomic E-state index is -2.98. The van der Waals surface area contributed by atoms with Gasteiger partial charge in [-0.25, -0.2) is 8.42 Å². The van der Waals surface area contributed by atoms with E-state index < -0.39 is 9.84 Å². The number of nitrogens with zero attached hydrogens (tertiary/aromatic N) is 1. The van der Waals surface area contributed by atoms with Crippen LogP contribution in [-0.4, -0.2) is 61.9 Å². The van der Waals surface area contributed by atoms with E-state index in [1.807, 2.05) is 0 Å². The molecule has 2 rings (SSSR count). The summed E-state index contributed by atoms with van der Waals surface area (Å²) in [7, 11) is -2.98. The molecule has 0 radical (unpaired) electrons. The summed E-state index contributed by atoms with van der Waals surface area (Å²) in [5, 5.41) is 0.825. The van der Waals surface area contributed by atoms with E-state index in [0.29, 0.717) is 26.1 Å². The molecule has 1 unspecified atom stereocenters. The second kappa shape index (κ2) is 6.54. The van der Waals surface area contributed by atoms with Crippen LogP contribution in [0.4, 0.5) is 0 Å². The Labute approximate surface area is 122 Å². The third kappa shape index (κ3) is 4.16. The molecule has 0 N–H and O–H groups in total. The van der Waals surface area contributed by atoms with Crippen LogP contribution < -0.4 is 0 Å². The van der Waals surface area contributed by atoms with Crippen molar-refractivity contribution in [2.75, 3.05) is 36.5 Å². The molecule has 0 aromatic heterocycles. The topological polar surface area (TPSA) is 63.7 Å². The molecule has 0 aliphatic carbocycles. The standard InChI is InChI=1S/C12H20BrNO4S/c13-4-7-18-11-1-5-14(6-2-11)12(15)10-3-8-19(16,17)9-10/h10-11H,1-9H2. The highest BCUT2D eigenvalue weighted by Crippen LogP contribution is 2.23. The Bertz CT molecular complexity index is 417. The maximum absolute atomic E-state index is 12.2. The molecule has 0 aromatic rings. The summed E-state index contributed by atoms with van der Waals surface area (Å²) < 4.78 is 28.4. The van der Waals surface area contributed by atoms with Gasteiger partial charge in [0.1, 0.15) is 0 Å². The number of alkyl halides is 1. The third-order valence-electron chi connectivity index (χ3n) is 3.77. The average molecular weight is 354 g/mol. The van der Waals surface area contributed by atoms with Crippen LogP contribution in [0.1, 0.15) is 19.3 Å². The van der Waals surface area contributed by atoms with Crippen molar-refractivity contribution in [2.45, 2.75) is 25.4 Å². The molecule has 110 valence electrons. The number of amides is 1. The van der Waals surface area contributed by atoms with Crippen LogP contribution in [-0.2, 0) is 19.4 Å². The van der Waals surface area contributed by atoms with E-state index >= 15 is 0 Å². The Balaban J connectivity index is 1.80. The number of rotatable bonds is 4. The largest absolute Gasteiger partial charge is 0.377 e. The second-order valence-electron chi connectivity index (χ2n) is 5.18. The fourth-order valence-corrected chi connectivity index (χ4v) is 4.62. The zero-order chi connectivity index (χ0) is 13.9. The number of hydrogen-bond donors (Lipinski definition) is 0. The molecule has 0 saturated carbocycles. The summed E-state index contributed by atoms with van der Waals surface area (Å²) in [6.07, 6.45) is 2.41. The average Bonchev–Trinajstić information content (AvgIpc) is 2.76. The Morgan fingerprint density at radius 3 is 2.47 bits per heavy atom. The van der Waals surface area contributed by atoms with E-state index in [-0.39, 0.29) is 29.4 Å². The van der Waals surface area contributed by atoms with Crippen molar-refractivity contribution in [3.63, 3.8) is 0 Å². The number of sulfone groups is 1. The first-order valence-electron chi connectivity index (χ1n) is 6.68. The molecule has 2 aliphatic heterocycles. The van der Waals surface area contributed by atoms with Gasteiger partial charge in [0.05, 0.1) is 30.1 Å². The monoisotopic (exact) mass is 353 g/mol. The predicted octanol–water partition coefficient (Wildman–Crippen LogP) is 0.824. The molecule has 19 heavy (non-hydrogen) atoms. The molecule has 5 nitrogen and oxygen atoms in total. The molecule has 0 bridgehead atoms. The van der Waals surface area contributed by atoms with E-state index in [0.717, 1.165) is 18.2 Å². The summed E-state index contributed by atoms with van der Waals surface area (Å²) >= 11 is 3.32. The molecule has 0 aromatic carbocycles. The van der Waals surface area contributed by atoms with Gasteiger partial charge in [-0.15, -0.1) is 0 Å². The molecular weight excluding hydrogens is 334 g/mol. The van der Waals surface area contributed by atoms with Crippen molar-refractivity contribution in [3.8, 4) is 0 Å². The summed E-state index contributed by atoms with van der Waals surface area (Å²) in [6, 6.07) is 0. The SMILES string of the molecule is O=C(C1CCS(=O)(=O)C1)N1CCC(OCCBr)CC1. The number of piperidine rings is 1.